The minimum atomic E-state index is -0.578. The molecule has 19 heavy (non-hydrogen) atoms. The molecule has 0 radical (unpaired) electrons. The Bertz CT molecular complexity index is 593. The number of ketones is 1. The Morgan fingerprint density at radius 2 is 2.26 bits per heavy atom. The maximum atomic E-state index is 13.6. The third-order valence-electron chi connectivity index (χ3n) is 2.62. The van der Waals surface area contributed by atoms with Crippen molar-refractivity contribution in [2.24, 2.45) is 0 Å². The number of carbonyl (C=O) groups excluding carboxylic acids is 1. The van der Waals surface area contributed by atoms with Crippen LogP contribution in [0.4, 0.5) is 4.39 Å². The van der Waals surface area contributed by atoms with Crippen molar-refractivity contribution in [3.05, 3.63) is 42.0 Å². The van der Waals surface area contributed by atoms with E-state index in [1.165, 1.54) is 19.1 Å². The molecular weight excluding hydrogens is 247 g/mol. The summed E-state index contributed by atoms with van der Waals surface area (Å²) in [6, 6.07) is 4.31. The lowest BCUT2D eigenvalue weighted by Gasteiger charge is -2.07. The van der Waals surface area contributed by atoms with Gasteiger partial charge in [0.2, 0.25) is 0 Å². The van der Waals surface area contributed by atoms with Crippen LogP contribution in [0.15, 0.2) is 30.6 Å². The number of Topliss-reactive ketones (excluding diaryl/α,β-unsaturated/α-hetero) is 1. The van der Waals surface area contributed by atoms with Gasteiger partial charge in [-0.25, -0.2) is 4.39 Å². The first kappa shape index (κ1) is 13.3. The maximum absolute atomic E-state index is 13.6. The largest absolute Gasteiger partial charge is 0.453 e. The average molecular weight is 262 g/mol. The maximum Gasteiger partial charge on any atom is 0.166 e. The van der Waals surface area contributed by atoms with E-state index in [0.29, 0.717) is 5.75 Å². The number of halogens is 1. The number of aryl methyl sites for hydroxylation is 1. The molecule has 0 bridgehead atoms. The highest BCUT2D eigenvalue weighted by Gasteiger charge is 2.15. The number of benzene rings is 1. The summed E-state index contributed by atoms with van der Waals surface area (Å²) in [5, 5.41) is 4.11. The number of ether oxygens (including phenoxy) is 1. The Morgan fingerprint density at radius 1 is 1.47 bits per heavy atom. The summed E-state index contributed by atoms with van der Waals surface area (Å²) in [6.45, 7) is 4.14. The van der Waals surface area contributed by atoms with Crippen LogP contribution in [0.1, 0.15) is 30.6 Å². The van der Waals surface area contributed by atoms with E-state index in [0.717, 1.165) is 13.0 Å². The van der Waals surface area contributed by atoms with Crippen LogP contribution in [0, 0.1) is 5.82 Å². The van der Waals surface area contributed by atoms with Gasteiger partial charge in [-0.2, -0.15) is 5.10 Å². The van der Waals surface area contributed by atoms with Gasteiger partial charge in [-0.05, 0) is 25.5 Å². The van der Waals surface area contributed by atoms with Crippen LogP contribution >= 0.6 is 0 Å². The van der Waals surface area contributed by atoms with Crippen LogP contribution in [0.5, 0.6) is 11.5 Å². The SMILES string of the molecule is CCCn1cc(Oc2cccc(F)c2C(C)=O)cn1. The van der Waals surface area contributed by atoms with Gasteiger partial charge >= 0.3 is 0 Å². The van der Waals surface area contributed by atoms with Crippen molar-refractivity contribution in [1.29, 1.82) is 0 Å². The Labute approximate surface area is 110 Å². The number of carbonyl (C=O) groups is 1. The molecule has 5 heteroatoms. The van der Waals surface area contributed by atoms with Gasteiger partial charge in [0.15, 0.2) is 11.5 Å². The van der Waals surface area contributed by atoms with Crippen molar-refractivity contribution in [2.45, 2.75) is 26.8 Å². The molecule has 0 atom stereocenters. The topological polar surface area (TPSA) is 44.1 Å². The molecule has 0 N–H and O–H groups in total. The van der Waals surface area contributed by atoms with Crippen LogP contribution in [-0.2, 0) is 6.54 Å². The van der Waals surface area contributed by atoms with Crippen LogP contribution in [0.25, 0.3) is 0 Å². The summed E-state index contributed by atoms with van der Waals surface area (Å²) in [4.78, 5) is 11.4. The molecule has 0 unspecified atom stereocenters. The predicted molar refractivity (Wildman–Crippen MR) is 69.0 cm³/mol. The number of hydrogen-bond donors (Lipinski definition) is 0. The summed E-state index contributed by atoms with van der Waals surface area (Å²) in [6.07, 6.45) is 4.22. The quantitative estimate of drug-likeness (QED) is 0.775. The fraction of sp³-hybridized carbons (Fsp3) is 0.286. The van der Waals surface area contributed by atoms with Crippen molar-refractivity contribution in [3.63, 3.8) is 0 Å². The summed E-state index contributed by atoms with van der Waals surface area (Å²) in [7, 11) is 0. The van der Waals surface area contributed by atoms with Gasteiger partial charge in [-0.3, -0.25) is 9.48 Å². The Hall–Kier alpha value is -2.17. The summed E-state index contributed by atoms with van der Waals surface area (Å²) >= 11 is 0. The molecule has 2 rings (SSSR count). The minimum Gasteiger partial charge on any atom is -0.453 e. The molecule has 0 aliphatic heterocycles. The zero-order chi connectivity index (χ0) is 13.8. The number of aromatic nitrogens is 2. The Kier molecular flexibility index (Phi) is 3.94. The van der Waals surface area contributed by atoms with E-state index in [1.807, 2.05) is 6.92 Å². The third-order valence-corrected chi connectivity index (χ3v) is 2.62. The van der Waals surface area contributed by atoms with Crippen LogP contribution in [0.2, 0.25) is 0 Å². The van der Waals surface area contributed by atoms with E-state index in [4.69, 9.17) is 4.74 Å². The van der Waals surface area contributed by atoms with E-state index >= 15 is 0 Å². The fourth-order valence-electron chi connectivity index (χ4n) is 1.81. The normalized spacial score (nSPS) is 10.5. The molecule has 1 heterocycles. The Morgan fingerprint density at radius 3 is 2.95 bits per heavy atom. The second-order valence-electron chi connectivity index (χ2n) is 4.21. The molecule has 4 nitrogen and oxygen atoms in total. The zero-order valence-corrected chi connectivity index (χ0v) is 10.9. The van der Waals surface area contributed by atoms with Crippen molar-refractivity contribution in [3.8, 4) is 11.5 Å². The molecule has 100 valence electrons. The molecule has 0 aliphatic rings. The molecule has 0 saturated carbocycles. The highest BCUT2D eigenvalue weighted by Crippen LogP contribution is 2.27. The fourth-order valence-corrected chi connectivity index (χ4v) is 1.81. The van der Waals surface area contributed by atoms with Gasteiger partial charge in [-0.1, -0.05) is 13.0 Å². The molecule has 0 amide bonds. The van der Waals surface area contributed by atoms with E-state index in [2.05, 4.69) is 5.10 Å². The lowest BCUT2D eigenvalue weighted by molar-refractivity contribution is 0.101. The van der Waals surface area contributed by atoms with E-state index in [-0.39, 0.29) is 17.1 Å². The van der Waals surface area contributed by atoms with Crippen LogP contribution < -0.4 is 4.74 Å². The van der Waals surface area contributed by atoms with E-state index < -0.39 is 5.82 Å². The molecule has 1 aromatic heterocycles. The Balaban J connectivity index is 2.27. The highest BCUT2D eigenvalue weighted by molar-refractivity contribution is 5.97. The van der Waals surface area contributed by atoms with Crippen molar-refractivity contribution < 1.29 is 13.9 Å². The zero-order valence-electron chi connectivity index (χ0n) is 10.9. The van der Waals surface area contributed by atoms with Crippen LogP contribution in [-0.4, -0.2) is 15.6 Å². The molecule has 1 aromatic carbocycles. The lowest BCUT2D eigenvalue weighted by atomic mass is 10.1. The van der Waals surface area contributed by atoms with Crippen LogP contribution in [0.3, 0.4) is 0 Å². The van der Waals surface area contributed by atoms with Gasteiger partial charge in [0.05, 0.1) is 18.0 Å². The minimum absolute atomic E-state index is 0.0364. The summed E-state index contributed by atoms with van der Waals surface area (Å²) < 4.78 is 20.9. The van der Waals surface area contributed by atoms with Gasteiger partial charge in [0, 0.05) is 6.54 Å². The number of nitrogens with zero attached hydrogens (tertiary/aromatic N) is 2. The first-order chi connectivity index (χ1) is 9.11. The molecule has 0 saturated heterocycles. The van der Waals surface area contributed by atoms with Gasteiger partial charge < -0.3 is 4.74 Å². The monoisotopic (exact) mass is 262 g/mol. The van der Waals surface area contributed by atoms with Gasteiger partial charge in [0.1, 0.15) is 11.6 Å². The molecular formula is C14H15FN2O2. The molecule has 0 fully saturated rings. The highest BCUT2D eigenvalue weighted by atomic mass is 19.1. The van der Waals surface area contributed by atoms with Crippen molar-refractivity contribution in [1.82, 2.24) is 9.78 Å². The number of rotatable bonds is 5. The van der Waals surface area contributed by atoms with E-state index in [1.54, 1.807) is 23.1 Å². The second kappa shape index (κ2) is 5.65. The van der Waals surface area contributed by atoms with Gasteiger partial charge in [-0.15, -0.1) is 0 Å². The van der Waals surface area contributed by atoms with Crippen molar-refractivity contribution in [2.75, 3.05) is 0 Å². The first-order valence-electron chi connectivity index (χ1n) is 6.11. The van der Waals surface area contributed by atoms with E-state index in [9.17, 15) is 9.18 Å². The molecule has 0 spiro atoms. The average Bonchev–Trinajstić information content (AvgIpc) is 2.76. The smallest absolute Gasteiger partial charge is 0.166 e. The number of hydrogen-bond acceptors (Lipinski definition) is 3. The summed E-state index contributed by atoms with van der Waals surface area (Å²) in [5.41, 5.74) is -0.0364. The standard InChI is InChI=1S/C14H15FN2O2/c1-3-7-17-9-11(8-16-17)19-13-6-4-5-12(15)14(13)10(2)18/h4-6,8-9H,3,7H2,1-2H3. The molecule has 2 aromatic rings. The molecule has 0 aliphatic carbocycles. The van der Waals surface area contributed by atoms with Gasteiger partial charge in [0.25, 0.3) is 0 Å². The second-order valence-corrected chi connectivity index (χ2v) is 4.21. The summed E-state index contributed by atoms with van der Waals surface area (Å²) in [5.74, 6) is -0.245. The first-order valence-corrected chi connectivity index (χ1v) is 6.11. The predicted octanol–water partition coefficient (Wildman–Crippen LogP) is 3.43. The van der Waals surface area contributed by atoms with Crippen molar-refractivity contribution >= 4 is 5.78 Å². The third kappa shape index (κ3) is 2.99. The lowest BCUT2D eigenvalue weighted by Crippen LogP contribution is -2.00.